The van der Waals surface area contributed by atoms with Gasteiger partial charge in [0.15, 0.2) is 11.4 Å². The topological polar surface area (TPSA) is 154 Å². The summed E-state index contributed by atoms with van der Waals surface area (Å²) in [4.78, 5) is 54.1. The van der Waals surface area contributed by atoms with Crippen LogP contribution in [0, 0.1) is 11.3 Å². The van der Waals surface area contributed by atoms with Crippen molar-refractivity contribution in [1.82, 2.24) is 24.5 Å². The highest BCUT2D eigenvalue weighted by molar-refractivity contribution is 5.90. The van der Waals surface area contributed by atoms with E-state index < -0.39 is 5.41 Å². The number of carbonyl (C=O) groups is 3. The van der Waals surface area contributed by atoms with Gasteiger partial charge in [0.05, 0.1) is 30.9 Å². The normalized spacial score (nSPS) is 24.7. The second-order valence-electron chi connectivity index (χ2n) is 8.39. The summed E-state index contributed by atoms with van der Waals surface area (Å²) in [7, 11) is 0. The maximum absolute atomic E-state index is 13.4. The molecule has 0 radical (unpaired) electrons. The molecule has 0 aromatic carbocycles. The lowest BCUT2D eigenvalue weighted by Crippen LogP contribution is -2.56. The second-order valence-corrected chi connectivity index (χ2v) is 8.39. The van der Waals surface area contributed by atoms with E-state index in [2.05, 4.69) is 15.2 Å². The third kappa shape index (κ3) is 4.26. The average Bonchev–Trinajstić information content (AvgIpc) is 3.32. The lowest BCUT2D eigenvalue weighted by atomic mass is 9.79. The second kappa shape index (κ2) is 9.16. The first-order valence-electron chi connectivity index (χ1n) is 10.5. The van der Waals surface area contributed by atoms with E-state index in [9.17, 15) is 19.5 Å². The van der Waals surface area contributed by atoms with Crippen molar-refractivity contribution in [2.45, 2.75) is 6.54 Å². The molecule has 33 heavy (non-hydrogen) atoms. The minimum Gasteiger partial charge on any atom is -0.504 e. The van der Waals surface area contributed by atoms with Crippen molar-refractivity contribution in [3.63, 3.8) is 0 Å². The van der Waals surface area contributed by atoms with Crippen molar-refractivity contribution < 1.29 is 29.3 Å². The maximum atomic E-state index is 13.4. The van der Waals surface area contributed by atoms with Crippen LogP contribution in [0.15, 0.2) is 29.2 Å². The molecule has 0 saturated carbocycles. The van der Waals surface area contributed by atoms with Gasteiger partial charge in [0.25, 0.3) is 12.0 Å². The molecule has 3 N–H and O–H groups in total. The van der Waals surface area contributed by atoms with Crippen LogP contribution < -0.4 is 10.9 Å². The SMILES string of the molecule is O=C1CN(C(=O)[C@@]23COC[C@@H]2CN(Cc2cc(=O)n4cccc(O)c4n2)C3)CCN1.O=CO. The van der Waals surface area contributed by atoms with Crippen molar-refractivity contribution in [2.24, 2.45) is 11.3 Å². The van der Waals surface area contributed by atoms with Crippen molar-refractivity contribution in [1.29, 1.82) is 0 Å². The van der Waals surface area contributed by atoms with E-state index in [0.717, 1.165) is 0 Å². The number of pyridine rings is 1. The Hall–Kier alpha value is -3.51. The zero-order valence-electron chi connectivity index (χ0n) is 17.8. The van der Waals surface area contributed by atoms with Crippen LogP contribution in [0.4, 0.5) is 0 Å². The molecule has 0 spiro atoms. The molecule has 3 aliphatic rings. The number of carbonyl (C=O) groups excluding carboxylic acids is 2. The van der Waals surface area contributed by atoms with Crippen molar-refractivity contribution in [3.8, 4) is 5.75 Å². The number of nitrogens with one attached hydrogen (secondary N) is 1. The molecule has 2 aromatic heterocycles. The summed E-state index contributed by atoms with van der Waals surface area (Å²) >= 11 is 0. The zero-order chi connectivity index (χ0) is 23.6. The summed E-state index contributed by atoms with van der Waals surface area (Å²) in [5.41, 5.74) is -0.181. The fraction of sp³-hybridized carbons (Fsp3) is 0.476. The molecule has 0 unspecified atom stereocenters. The number of aromatic hydroxyl groups is 1. The summed E-state index contributed by atoms with van der Waals surface area (Å²) in [5, 5.41) is 19.7. The number of hydrogen-bond acceptors (Lipinski definition) is 8. The Kier molecular flexibility index (Phi) is 6.29. The van der Waals surface area contributed by atoms with Gasteiger partial charge in [-0.05, 0) is 12.1 Å². The number of fused-ring (bicyclic) bond motifs is 2. The third-order valence-electron chi connectivity index (χ3n) is 6.31. The van der Waals surface area contributed by atoms with E-state index in [1.54, 1.807) is 17.2 Å². The first kappa shape index (κ1) is 22.7. The highest BCUT2D eigenvalue weighted by Crippen LogP contribution is 2.43. The molecular weight excluding hydrogens is 434 g/mol. The number of piperazine rings is 1. The summed E-state index contributed by atoms with van der Waals surface area (Å²) in [6.45, 7) is 3.15. The molecule has 0 bridgehead atoms. The summed E-state index contributed by atoms with van der Waals surface area (Å²) < 4.78 is 6.97. The largest absolute Gasteiger partial charge is 0.504 e. The van der Waals surface area contributed by atoms with Gasteiger partial charge in [-0.2, -0.15) is 0 Å². The maximum Gasteiger partial charge on any atom is 0.290 e. The van der Waals surface area contributed by atoms with Gasteiger partial charge >= 0.3 is 0 Å². The van der Waals surface area contributed by atoms with Crippen LogP contribution in [0.3, 0.4) is 0 Å². The Morgan fingerprint density at radius 2 is 2.18 bits per heavy atom. The van der Waals surface area contributed by atoms with Crippen LogP contribution in [-0.2, 0) is 25.7 Å². The number of nitrogens with zero attached hydrogens (tertiary/aromatic N) is 4. The molecule has 0 aliphatic carbocycles. The quantitative estimate of drug-likeness (QED) is 0.466. The number of hydrogen-bond donors (Lipinski definition) is 3. The number of carboxylic acid groups (broad SMARTS) is 1. The van der Waals surface area contributed by atoms with Crippen LogP contribution in [0.1, 0.15) is 5.69 Å². The molecule has 3 fully saturated rings. The Morgan fingerprint density at radius 3 is 2.94 bits per heavy atom. The number of amides is 2. The van der Waals surface area contributed by atoms with E-state index in [-0.39, 0.29) is 47.7 Å². The van der Waals surface area contributed by atoms with E-state index in [1.807, 2.05) is 0 Å². The predicted octanol–water partition coefficient (Wildman–Crippen LogP) is -1.49. The number of ether oxygens (including phenoxy) is 1. The monoisotopic (exact) mass is 459 g/mol. The Labute approximate surface area is 188 Å². The highest BCUT2D eigenvalue weighted by Gasteiger charge is 2.57. The van der Waals surface area contributed by atoms with Crippen LogP contribution in [0.25, 0.3) is 5.65 Å². The van der Waals surface area contributed by atoms with Crippen molar-refractivity contribution in [3.05, 3.63) is 40.4 Å². The van der Waals surface area contributed by atoms with Crippen LogP contribution in [0.5, 0.6) is 5.75 Å². The molecular formula is C21H25N5O7. The van der Waals surface area contributed by atoms with Crippen LogP contribution in [-0.4, -0.2) is 93.6 Å². The molecule has 5 rings (SSSR count). The van der Waals surface area contributed by atoms with Gasteiger partial charge in [-0.25, -0.2) is 4.98 Å². The van der Waals surface area contributed by atoms with Gasteiger partial charge in [0, 0.05) is 50.9 Å². The lowest BCUT2D eigenvalue weighted by molar-refractivity contribution is -0.147. The summed E-state index contributed by atoms with van der Waals surface area (Å²) in [6, 6.07) is 4.54. The molecule has 5 heterocycles. The predicted molar refractivity (Wildman–Crippen MR) is 113 cm³/mol. The standard InChI is InChI=1S/C20H23N5O5.CH2O2/c26-15-2-1-4-25-17(28)6-14(22-18(15)25)8-23-7-13-10-30-12-20(13,11-23)19(29)24-5-3-21-16(27)9-24;2-1-3/h1-2,4,6,13,26H,3,5,7-12H2,(H,21,27);1H,(H,2,3)/t13-,20-;/m0./s1. The van der Waals surface area contributed by atoms with Crippen LogP contribution >= 0.6 is 0 Å². The Balaban J connectivity index is 0.000000821. The Morgan fingerprint density at radius 1 is 1.39 bits per heavy atom. The molecule has 3 saturated heterocycles. The molecule has 2 amide bonds. The van der Waals surface area contributed by atoms with E-state index in [0.29, 0.717) is 51.6 Å². The van der Waals surface area contributed by atoms with E-state index >= 15 is 0 Å². The molecule has 12 nitrogen and oxygen atoms in total. The first-order chi connectivity index (χ1) is 15.9. The molecule has 2 atom stereocenters. The number of rotatable bonds is 3. The number of likely N-dealkylation sites (tertiary alicyclic amines) is 1. The van der Waals surface area contributed by atoms with Crippen LogP contribution in [0.2, 0.25) is 0 Å². The highest BCUT2D eigenvalue weighted by atomic mass is 16.5. The fourth-order valence-corrected chi connectivity index (χ4v) is 4.86. The summed E-state index contributed by atoms with van der Waals surface area (Å²) in [6.07, 6.45) is 1.56. The van der Waals surface area contributed by atoms with Crippen molar-refractivity contribution in [2.75, 3.05) is 45.9 Å². The number of aromatic nitrogens is 2. The van der Waals surface area contributed by atoms with Gasteiger partial charge in [-0.15, -0.1) is 0 Å². The van der Waals surface area contributed by atoms with Gasteiger partial charge in [0.2, 0.25) is 11.8 Å². The smallest absolute Gasteiger partial charge is 0.290 e. The zero-order valence-corrected chi connectivity index (χ0v) is 17.8. The van der Waals surface area contributed by atoms with Gasteiger partial charge < -0.3 is 25.2 Å². The fourth-order valence-electron chi connectivity index (χ4n) is 4.86. The molecule has 176 valence electrons. The molecule has 2 aromatic rings. The minimum absolute atomic E-state index is 0.0324. The van der Waals surface area contributed by atoms with Crippen molar-refractivity contribution >= 4 is 23.9 Å². The molecule has 12 heteroatoms. The third-order valence-corrected chi connectivity index (χ3v) is 6.31. The van der Waals surface area contributed by atoms with Gasteiger partial charge in [0.1, 0.15) is 0 Å². The summed E-state index contributed by atoms with van der Waals surface area (Å²) in [5.74, 6) is -0.202. The first-order valence-corrected chi connectivity index (χ1v) is 10.5. The van der Waals surface area contributed by atoms with E-state index in [4.69, 9.17) is 14.6 Å². The Bertz CT molecular complexity index is 1140. The minimum atomic E-state index is -0.675. The average molecular weight is 459 g/mol. The van der Waals surface area contributed by atoms with Gasteiger partial charge in [-0.1, -0.05) is 0 Å². The lowest BCUT2D eigenvalue weighted by Gasteiger charge is -2.35. The van der Waals surface area contributed by atoms with Gasteiger partial charge in [-0.3, -0.25) is 28.5 Å². The van der Waals surface area contributed by atoms with E-state index in [1.165, 1.54) is 16.5 Å². The molecule has 3 aliphatic heterocycles.